The maximum Gasteiger partial charge on any atom is 0.468 e. The van der Waals surface area contributed by atoms with Gasteiger partial charge in [0, 0.05) is 23.0 Å². The number of nitrogens with zero attached hydrogens (tertiary/aromatic N) is 1. The summed E-state index contributed by atoms with van der Waals surface area (Å²) in [6.45, 7) is 2.67. The zero-order chi connectivity index (χ0) is 19.8. The number of unbranched alkanes of at least 4 members (excludes halogenated alkanes) is 1. The van der Waals surface area contributed by atoms with Crippen LogP contribution in [0.4, 0.5) is 5.69 Å². The Morgan fingerprint density at radius 2 is 1.50 bits per heavy atom. The maximum atomic E-state index is 11.2. The van der Waals surface area contributed by atoms with Crippen molar-refractivity contribution < 1.29 is 13.8 Å². The zero-order valence-corrected chi connectivity index (χ0v) is 16.8. The van der Waals surface area contributed by atoms with E-state index in [0.717, 1.165) is 23.2 Å². The van der Waals surface area contributed by atoms with Crippen LogP contribution in [0.5, 0.6) is 5.75 Å². The minimum absolute atomic E-state index is 0.00455. The summed E-state index contributed by atoms with van der Waals surface area (Å²) in [6.07, 6.45) is 1.91. The van der Waals surface area contributed by atoms with Crippen LogP contribution < -0.4 is 14.8 Å². The summed E-state index contributed by atoms with van der Waals surface area (Å²) in [5, 5.41) is 13.1. The highest BCUT2D eigenvalue weighted by atomic mass is 28.4. The minimum Gasteiger partial charge on any atom is -0.514 e. The second-order valence-electron chi connectivity index (χ2n) is 6.41. The Morgan fingerprint density at radius 3 is 2.04 bits per heavy atom. The van der Waals surface area contributed by atoms with E-state index in [4.69, 9.17) is 8.85 Å². The van der Waals surface area contributed by atoms with Crippen molar-refractivity contribution >= 4 is 24.6 Å². The first-order chi connectivity index (χ1) is 13.7. The van der Waals surface area contributed by atoms with E-state index in [1.807, 2.05) is 60.7 Å². The van der Waals surface area contributed by atoms with Crippen LogP contribution in [-0.2, 0) is 4.43 Å². The summed E-state index contributed by atoms with van der Waals surface area (Å²) in [6, 6.07) is 26.0. The van der Waals surface area contributed by atoms with Crippen molar-refractivity contribution in [2.45, 2.75) is 19.8 Å². The molecule has 28 heavy (non-hydrogen) atoms. The first-order valence-corrected chi connectivity index (χ1v) is 11.2. The summed E-state index contributed by atoms with van der Waals surface area (Å²) in [4.78, 5) is 10.8. The molecule has 0 aliphatic carbocycles. The standard InChI is InChI=1S/C22H23NO4Si/c1-2-3-17-26-28(21-13-6-4-7-14-21,22-15-8-5-9-16-22)27-20-12-10-11-19(18-20)23(24)25/h4-16,18H,2-3,17H2,1H3. The van der Waals surface area contributed by atoms with E-state index in [1.165, 1.54) is 12.1 Å². The smallest absolute Gasteiger partial charge is 0.468 e. The number of non-ortho nitro benzene ring substituents is 1. The van der Waals surface area contributed by atoms with E-state index in [9.17, 15) is 10.1 Å². The Bertz CT molecular complexity index is 863. The van der Waals surface area contributed by atoms with Crippen molar-refractivity contribution in [3.8, 4) is 5.75 Å². The molecule has 0 atom stereocenters. The molecule has 0 N–H and O–H groups in total. The molecule has 6 heteroatoms. The SMILES string of the molecule is CCCCO[Si](Oc1cccc([N+](=O)[O-])c1)(c1ccccc1)c1ccccc1. The van der Waals surface area contributed by atoms with E-state index in [-0.39, 0.29) is 5.69 Å². The highest BCUT2D eigenvalue weighted by Crippen LogP contribution is 2.23. The molecule has 3 rings (SSSR count). The van der Waals surface area contributed by atoms with E-state index < -0.39 is 13.5 Å². The Kier molecular flexibility index (Phi) is 6.57. The van der Waals surface area contributed by atoms with Crippen LogP contribution in [0.25, 0.3) is 0 Å². The number of hydrogen-bond acceptors (Lipinski definition) is 4. The van der Waals surface area contributed by atoms with Gasteiger partial charge in [-0.15, -0.1) is 0 Å². The first kappa shape index (κ1) is 19.8. The molecule has 0 fully saturated rings. The normalized spacial score (nSPS) is 11.2. The minimum atomic E-state index is -3.11. The van der Waals surface area contributed by atoms with Crippen LogP contribution in [0.3, 0.4) is 0 Å². The molecule has 0 unspecified atom stereocenters. The van der Waals surface area contributed by atoms with Gasteiger partial charge in [0.25, 0.3) is 5.69 Å². The van der Waals surface area contributed by atoms with Crippen LogP contribution in [0.1, 0.15) is 19.8 Å². The average molecular weight is 394 g/mol. The fraction of sp³-hybridized carbons (Fsp3) is 0.182. The van der Waals surface area contributed by atoms with Gasteiger partial charge >= 0.3 is 8.56 Å². The second kappa shape index (κ2) is 9.30. The molecule has 0 aromatic heterocycles. The zero-order valence-electron chi connectivity index (χ0n) is 15.8. The number of benzene rings is 3. The van der Waals surface area contributed by atoms with Gasteiger partial charge in [-0.25, -0.2) is 0 Å². The Labute approximate surface area is 166 Å². The lowest BCUT2D eigenvalue weighted by Gasteiger charge is -2.32. The molecule has 0 amide bonds. The molecule has 0 saturated heterocycles. The average Bonchev–Trinajstić information content (AvgIpc) is 2.74. The van der Waals surface area contributed by atoms with Gasteiger partial charge in [-0.05, 0) is 12.5 Å². The summed E-state index contributed by atoms with van der Waals surface area (Å²) in [7, 11) is -3.11. The van der Waals surface area contributed by atoms with Crippen LogP contribution in [0.15, 0.2) is 84.9 Å². The molecule has 0 spiro atoms. The molecule has 5 nitrogen and oxygen atoms in total. The number of rotatable bonds is 9. The molecule has 0 saturated carbocycles. The fourth-order valence-electron chi connectivity index (χ4n) is 2.98. The van der Waals surface area contributed by atoms with Gasteiger partial charge in [0.2, 0.25) is 0 Å². The molecule has 0 heterocycles. The van der Waals surface area contributed by atoms with Gasteiger partial charge in [0.05, 0.1) is 11.0 Å². The molecule has 0 bridgehead atoms. The van der Waals surface area contributed by atoms with Gasteiger partial charge < -0.3 is 8.85 Å². The van der Waals surface area contributed by atoms with Gasteiger partial charge in [-0.3, -0.25) is 10.1 Å². The van der Waals surface area contributed by atoms with E-state index in [2.05, 4.69) is 6.92 Å². The summed E-state index contributed by atoms with van der Waals surface area (Å²) < 4.78 is 13.0. The van der Waals surface area contributed by atoms with Crippen LogP contribution in [0, 0.1) is 10.1 Å². The predicted molar refractivity (Wildman–Crippen MR) is 112 cm³/mol. The lowest BCUT2D eigenvalue weighted by molar-refractivity contribution is -0.384. The quantitative estimate of drug-likeness (QED) is 0.238. The van der Waals surface area contributed by atoms with E-state index in [0.29, 0.717) is 12.4 Å². The van der Waals surface area contributed by atoms with Crippen LogP contribution in [0.2, 0.25) is 0 Å². The van der Waals surface area contributed by atoms with Gasteiger partial charge in [-0.2, -0.15) is 0 Å². The fourth-order valence-corrected chi connectivity index (χ4v) is 6.10. The highest BCUT2D eigenvalue weighted by Gasteiger charge is 2.45. The van der Waals surface area contributed by atoms with Crippen molar-refractivity contribution in [2.75, 3.05) is 6.61 Å². The summed E-state index contributed by atoms with van der Waals surface area (Å²) >= 11 is 0. The number of hydrogen-bond donors (Lipinski definition) is 0. The third-order valence-electron chi connectivity index (χ3n) is 4.40. The third kappa shape index (κ3) is 4.47. The Hall–Kier alpha value is -2.96. The molecular weight excluding hydrogens is 370 g/mol. The Morgan fingerprint density at radius 1 is 0.893 bits per heavy atom. The second-order valence-corrected chi connectivity index (χ2v) is 9.29. The third-order valence-corrected chi connectivity index (χ3v) is 7.72. The van der Waals surface area contributed by atoms with Crippen molar-refractivity contribution in [2.24, 2.45) is 0 Å². The summed E-state index contributed by atoms with van der Waals surface area (Å²) in [5.41, 5.74) is -0.00455. The summed E-state index contributed by atoms with van der Waals surface area (Å²) in [5.74, 6) is 0.435. The molecule has 0 aliphatic rings. The van der Waals surface area contributed by atoms with Gasteiger partial charge in [-0.1, -0.05) is 80.1 Å². The highest BCUT2D eigenvalue weighted by molar-refractivity contribution is 6.93. The van der Waals surface area contributed by atoms with Crippen LogP contribution in [-0.4, -0.2) is 20.1 Å². The van der Waals surface area contributed by atoms with Gasteiger partial charge in [0.15, 0.2) is 0 Å². The monoisotopic (exact) mass is 393 g/mol. The number of nitro groups is 1. The first-order valence-electron chi connectivity index (χ1n) is 9.34. The van der Waals surface area contributed by atoms with Crippen molar-refractivity contribution in [1.29, 1.82) is 0 Å². The van der Waals surface area contributed by atoms with Crippen molar-refractivity contribution in [3.63, 3.8) is 0 Å². The molecule has 3 aromatic carbocycles. The molecule has 0 radical (unpaired) electrons. The van der Waals surface area contributed by atoms with Gasteiger partial charge in [0.1, 0.15) is 5.75 Å². The number of nitro benzene ring substituents is 1. The molecule has 144 valence electrons. The van der Waals surface area contributed by atoms with Crippen LogP contribution >= 0.6 is 0 Å². The Balaban J connectivity index is 2.11. The lowest BCUT2D eigenvalue weighted by Crippen LogP contribution is -2.66. The predicted octanol–water partition coefficient (Wildman–Crippen LogP) is 4.05. The molecule has 0 aliphatic heterocycles. The maximum absolute atomic E-state index is 11.2. The largest absolute Gasteiger partial charge is 0.514 e. The van der Waals surface area contributed by atoms with Crippen molar-refractivity contribution in [3.05, 3.63) is 95.0 Å². The molecule has 3 aromatic rings. The topological polar surface area (TPSA) is 61.6 Å². The molecular formula is C22H23NO4Si. The van der Waals surface area contributed by atoms with Crippen molar-refractivity contribution in [1.82, 2.24) is 0 Å². The van der Waals surface area contributed by atoms with E-state index >= 15 is 0 Å². The van der Waals surface area contributed by atoms with E-state index in [1.54, 1.807) is 12.1 Å². The lowest BCUT2D eigenvalue weighted by atomic mass is 10.3.